The average molecular weight is 325 g/mol. The summed E-state index contributed by atoms with van der Waals surface area (Å²) >= 11 is 1.89. The number of fused-ring (bicyclic) bond motifs is 9. The summed E-state index contributed by atoms with van der Waals surface area (Å²) in [7, 11) is 0. The standard InChI is InChI=1S/C22H15NS/c1-3-7-17-15(5-1)21-13-10-12-20-22(14(13)9-11-18(21)23-17)16-6-2-4-8-19(16)24-20/h1-6,8-12,17,23H,7H2. The van der Waals surface area contributed by atoms with Gasteiger partial charge in [-0.25, -0.2) is 0 Å². The van der Waals surface area contributed by atoms with Crippen LogP contribution in [0.3, 0.4) is 0 Å². The van der Waals surface area contributed by atoms with Gasteiger partial charge in [-0.2, -0.15) is 0 Å². The van der Waals surface area contributed by atoms with Crippen LogP contribution < -0.4 is 5.32 Å². The van der Waals surface area contributed by atoms with Crippen molar-refractivity contribution in [2.24, 2.45) is 0 Å². The van der Waals surface area contributed by atoms with E-state index in [1.165, 1.54) is 47.8 Å². The molecule has 0 saturated carbocycles. The van der Waals surface area contributed by atoms with Crippen LogP contribution in [0.25, 0.3) is 36.5 Å². The van der Waals surface area contributed by atoms with Crippen LogP contribution in [-0.2, 0) is 0 Å². The highest BCUT2D eigenvalue weighted by molar-refractivity contribution is 7.26. The molecule has 4 aromatic rings. The third kappa shape index (κ3) is 1.54. The fourth-order valence-corrected chi connectivity index (χ4v) is 5.39. The lowest BCUT2D eigenvalue weighted by Gasteiger charge is -2.13. The Hall–Kier alpha value is -2.58. The van der Waals surface area contributed by atoms with E-state index in [-0.39, 0.29) is 0 Å². The maximum absolute atomic E-state index is 3.69. The van der Waals surface area contributed by atoms with Crippen molar-refractivity contribution in [1.82, 2.24) is 0 Å². The predicted molar refractivity (Wildman–Crippen MR) is 106 cm³/mol. The van der Waals surface area contributed by atoms with Crippen LogP contribution in [0.5, 0.6) is 0 Å². The second kappa shape index (κ2) is 4.49. The molecule has 1 N–H and O–H groups in total. The zero-order chi connectivity index (χ0) is 15.7. The molecule has 0 amide bonds. The Bertz CT molecular complexity index is 1210. The summed E-state index contributed by atoms with van der Waals surface area (Å²) < 4.78 is 2.75. The summed E-state index contributed by atoms with van der Waals surface area (Å²) in [5.41, 5.74) is 4.12. The van der Waals surface area contributed by atoms with Crippen LogP contribution in [0.1, 0.15) is 12.0 Å². The van der Waals surface area contributed by atoms with Crippen molar-refractivity contribution < 1.29 is 0 Å². The number of hydrogen-bond donors (Lipinski definition) is 1. The van der Waals surface area contributed by atoms with Crippen LogP contribution >= 0.6 is 11.3 Å². The lowest BCUT2D eigenvalue weighted by Crippen LogP contribution is -2.14. The van der Waals surface area contributed by atoms with Gasteiger partial charge in [-0.1, -0.05) is 48.6 Å². The van der Waals surface area contributed by atoms with Crippen molar-refractivity contribution in [3.8, 4) is 0 Å². The number of anilines is 1. The lowest BCUT2D eigenvalue weighted by molar-refractivity contribution is 0.928. The molecule has 0 spiro atoms. The molecule has 1 aromatic heterocycles. The molecule has 2 heterocycles. The first-order valence-electron chi connectivity index (χ1n) is 8.41. The van der Waals surface area contributed by atoms with Gasteiger partial charge >= 0.3 is 0 Å². The monoisotopic (exact) mass is 325 g/mol. The summed E-state index contributed by atoms with van der Waals surface area (Å²) in [6.07, 6.45) is 7.80. The number of hydrogen-bond acceptors (Lipinski definition) is 2. The SMILES string of the molecule is C1=CCC2Nc3ccc4c(ccc5sc6ccccc6c54)c3C2=C1. The van der Waals surface area contributed by atoms with Gasteiger partial charge in [-0.05, 0) is 41.0 Å². The van der Waals surface area contributed by atoms with E-state index in [1.54, 1.807) is 0 Å². The Balaban J connectivity index is 1.79. The molecular weight excluding hydrogens is 310 g/mol. The Morgan fingerprint density at radius 1 is 0.875 bits per heavy atom. The molecule has 24 heavy (non-hydrogen) atoms. The minimum absolute atomic E-state index is 0.436. The molecule has 1 unspecified atom stereocenters. The highest BCUT2D eigenvalue weighted by atomic mass is 32.1. The van der Waals surface area contributed by atoms with E-state index in [0.717, 1.165) is 6.42 Å². The van der Waals surface area contributed by atoms with E-state index in [1.807, 2.05) is 11.3 Å². The topological polar surface area (TPSA) is 12.0 Å². The van der Waals surface area contributed by atoms with Gasteiger partial charge in [0.25, 0.3) is 0 Å². The fraction of sp³-hybridized carbons (Fsp3) is 0.0909. The largest absolute Gasteiger partial charge is 0.377 e. The Morgan fingerprint density at radius 3 is 2.79 bits per heavy atom. The van der Waals surface area contributed by atoms with Crippen molar-refractivity contribution >= 4 is 53.5 Å². The lowest BCUT2D eigenvalue weighted by atomic mass is 9.91. The summed E-state index contributed by atoms with van der Waals surface area (Å²) in [6.45, 7) is 0. The molecule has 2 aliphatic rings. The van der Waals surface area contributed by atoms with Crippen molar-refractivity contribution in [2.75, 3.05) is 5.32 Å². The van der Waals surface area contributed by atoms with E-state index in [0.29, 0.717) is 6.04 Å². The van der Waals surface area contributed by atoms with Crippen molar-refractivity contribution in [3.05, 3.63) is 72.3 Å². The first-order valence-corrected chi connectivity index (χ1v) is 9.22. The molecule has 1 atom stereocenters. The van der Waals surface area contributed by atoms with Gasteiger partial charge in [0, 0.05) is 31.4 Å². The molecule has 0 saturated heterocycles. The average Bonchev–Trinajstić information content (AvgIpc) is 3.19. The zero-order valence-electron chi connectivity index (χ0n) is 13.0. The molecule has 114 valence electrons. The number of rotatable bonds is 0. The number of thiophene rings is 1. The van der Waals surface area contributed by atoms with Gasteiger partial charge in [0.15, 0.2) is 0 Å². The molecule has 0 radical (unpaired) electrons. The van der Waals surface area contributed by atoms with Crippen LogP contribution in [0.2, 0.25) is 0 Å². The molecule has 1 aliphatic heterocycles. The third-order valence-corrected chi connectivity index (χ3v) is 6.45. The second-order valence-corrected chi connectivity index (χ2v) is 7.69. The van der Waals surface area contributed by atoms with E-state index in [2.05, 4.69) is 72.1 Å². The molecule has 1 nitrogen and oxygen atoms in total. The number of benzene rings is 3. The van der Waals surface area contributed by atoms with Gasteiger partial charge in [0.05, 0.1) is 6.04 Å². The summed E-state index contributed by atoms with van der Waals surface area (Å²) in [5.74, 6) is 0. The first kappa shape index (κ1) is 12.8. The van der Waals surface area contributed by atoms with E-state index < -0.39 is 0 Å². The molecule has 3 aromatic carbocycles. The first-order chi connectivity index (χ1) is 11.9. The normalized spacial score (nSPS) is 18.7. The van der Waals surface area contributed by atoms with Gasteiger partial charge in [0.1, 0.15) is 0 Å². The van der Waals surface area contributed by atoms with Crippen LogP contribution in [0, 0.1) is 0 Å². The van der Waals surface area contributed by atoms with Gasteiger partial charge in [-0.3, -0.25) is 0 Å². The van der Waals surface area contributed by atoms with Crippen LogP contribution in [0.4, 0.5) is 5.69 Å². The molecule has 2 heteroatoms. The maximum atomic E-state index is 3.69. The molecule has 0 bridgehead atoms. The van der Waals surface area contributed by atoms with Crippen molar-refractivity contribution in [2.45, 2.75) is 12.5 Å². The van der Waals surface area contributed by atoms with E-state index in [4.69, 9.17) is 0 Å². The second-order valence-electron chi connectivity index (χ2n) is 6.60. The van der Waals surface area contributed by atoms with Gasteiger partial charge < -0.3 is 5.32 Å². The summed E-state index contributed by atoms with van der Waals surface area (Å²) in [5, 5.41) is 9.23. The number of allylic oxidation sites excluding steroid dienone is 2. The molecule has 1 aliphatic carbocycles. The van der Waals surface area contributed by atoms with Crippen molar-refractivity contribution in [1.29, 1.82) is 0 Å². The highest BCUT2D eigenvalue weighted by Gasteiger charge is 2.28. The predicted octanol–water partition coefficient (Wildman–Crippen LogP) is 6.35. The smallest absolute Gasteiger partial charge is 0.0555 e. The Morgan fingerprint density at radius 2 is 1.79 bits per heavy atom. The molecule has 0 fully saturated rings. The Labute approximate surface area is 143 Å². The minimum atomic E-state index is 0.436. The fourth-order valence-electron chi connectivity index (χ4n) is 4.27. The van der Waals surface area contributed by atoms with Crippen molar-refractivity contribution in [3.63, 3.8) is 0 Å². The maximum Gasteiger partial charge on any atom is 0.0555 e. The van der Waals surface area contributed by atoms with E-state index >= 15 is 0 Å². The quantitative estimate of drug-likeness (QED) is 0.397. The minimum Gasteiger partial charge on any atom is -0.377 e. The van der Waals surface area contributed by atoms with Crippen LogP contribution in [0.15, 0.2) is 66.8 Å². The Kier molecular flexibility index (Phi) is 2.39. The number of nitrogens with one attached hydrogen (secondary N) is 1. The van der Waals surface area contributed by atoms with Gasteiger partial charge in [0.2, 0.25) is 0 Å². The summed E-state index contributed by atoms with van der Waals surface area (Å²) in [6, 6.07) is 18.4. The highest BCUT2D eigenvalue weighted by Crippen LogP contribution is 2.46. The third-order valence-electron chi connectivity index (χ3n) is 5.32. The van der Waals surface area contributed by atoms with E-state index in [9.17, 15) is 0 Å². The van der Waals surface area contributed by atoms with Gasteiger partial charge in [-0.15, -0.1) is 11.3 Å². The molecule has 6 rings (SSSR count). The summed E-state index contributed by atoms with van der Waals surface area (Å²) in [4.78, 5) is 0. The van der Waals surface area contributed by atoms with Crippen LogP contribution in [-0.4, -0.2) is 6.04 Å². The zero-order valence-corrected chi connectivity index (χ0v) is 13.9. The molecular formula is C22H15NS.